The Labute approximate surface area is 348 Å². The zero-order valence-electron chi connectivity index (χ0n) is 42.5. The van der Waals surface area contributed by atoms with Crippen LogP contribution in [0.4, 0.5) is 0 Å². The van der Waals surface area contributed by atoms with Crippen molar-refractivity contribution in [2.24, 2.45) is 0 Å². The van der Waals surface area contributed by atoms with Gasteiger partial charge in [-0.15, -0.1) is 0 Å². The number of benzene rings is 7. The highest BCUT2D eigenvalue weighted by molar-refractivity contribution is 6.10. The number of para-hydroxylation sites is 1. The van der Waals surface area contributed by atoms with Gasteiger partial charge in [0.05, 0.1) is 36.1 Å². The van der Waals surface area contributed by atoms with Gasteiger partial charge in [-0.3, -0.25) is 13.7 Å². The van der Waals surface area contributed by atoms with Gasteiger partial charge in [0.1, 0.15) is 17.3 Å². The third-order valence-corrected chi connectivity index (χ3v) is 9.84. The molecule has 0 fully saturated rings. The molecule has 0 aliphatic heterocycles. The monoisotopic (exact) mass is 746 g/mol. The van der Waals surface area contributed by atoms with E-state index in [1.165, 1.54) is 11.5 Å². The SMILES string of the molecule is [2H]c1c([2H])c([2H])c(-c2cccc(-c3c([2H])c([2H])c([2H])c([2H])c3[2H])c2-[n+]2[c-]n(-c3cccc(Oc4ccc5c6cc(-c7ccccc7)ccc6n(-c6cc(C([2H])([2H])C)ccn6)c5c4)c3)cc2)c([2H])c1[2H]. The summed E-state index contributed by atoms with van der Waals surface area (Å²) in [4.78, 5) is 4.71. The van der Waals surface area contributed by atoms with Gasteiger partial charge in [0, 0.05) is 38.2 Å². The zero-order valence-corrected chi connectivity index (χ0v) is 30.5. The summed E-state index contributed by atoms with van der Waals surface area (Å²) in [7, 11) is 0. The minimum atomic E-state index is -1.60. The van der Waals surface area contributed by atoms with Gasteiger partial charge < -0.3 is 4.74 Å². The molecule has 0 saturated heterocycles. The minimum Gasteiger partial charge on any atom is -0.458 e. The molecule has 0 aliphatic carbocycles. The predicted molar refractivity (Wildman–Crippen MR) is 230 cm³/mol. The summed E-state index contributed by atoms with van der Waals surface area (Å²) in [6.45, 7) is 1.51. The summed E-state index contributed by atoms with van der Waals surface area (Å²) in [6.07, 6.45) is 6.55. The largest absolute Gasteiger partial charge is 0.458 e. The van der Waals surface area contributed by atoms with Crippen LogP contribution in [0.5, 0.6) is 11.5 Å². The number of nitrogens with zero attached hydrogens (tertiary/aromatic N) is 4. The van der Waals surface area contributed by atoms with Gasteiger partial charge in [0.25, 0.3) is 6.33 Å². The molecule has 3 aromatic heterocycles. The quantitative estimate of drug-likeness (QED) is 0.109. The van der Waals surface area contributed by atoms with E-state index >= 15 is 0 Å². The molecule has 5 heteroatoms. The van der Waals surface area contributed by atoms with Gasteiger partial charge in [0.2, 0.25) is 0 Å². The van der Waals surface area contributed by atoms with E-state index in [4.69, 9.17) is 26.2 Å². The highest BCUT2D eigenvalue weighted by Crippen LogP contribution is 2.38. The highest BCUT2D eigenvalue weighted by Gasteiger charge is 2.18. The molecule has 0 spiro atoms. The standard InChI is InChI=1S/C52H38N4O/c1-2-37-28-29-53-51(32-37)56-49-27-24-41(38-14-6-3-7-15-38)33-48(49)47-26-25-44(35-50(47)56)57-43-21-12-20-42(34-43)54-30-31-55(36-54)52-45(39-16-8-4-9-17-39)22-13-23-46(52)40-18-10-5-11-19-40/h3-35H,2H2,1H3/i2D2,4D,5D,8D,9D,10D,11D,16D,17D,18D,19D. The number of hydrogen-bond donors (Lipinski definition) is 0. The predicted octanol–water partition coefficient (Wildman–Crippen LogP) is 12.4. The smallest absolute Gasteiger partial charge is 0.268 e. The van der Waals surface area contributed by atoms with Crippen LogP contribution in [-0.2, 0) is 6.37 Å². The summed E-state index contributed by atoms with van der Waals surface area (Å²) in [5.74, 6) is 1.52. The van der Waals surface area contributed by atoms with Gasteiger partial charge in [-0.2, -0.15) is 0 Å². The molecule has 0 bridgehead atoms. The van der Waals surface area contributed by atoms with Crippen molar-refractivity contribution < 1.29 is 25.8 Å². The van der Waals surface area contributed by atoms with Crippen molar-refractivity contribution in [1.29, 1.82) is 0 Å². The summed E-state index contributed by atoms with van der Waals surface area (Å²) in [6, 6.07) is 32.2. The summed E-state index contributed by atoms with van der Waals surface area (Å²) < 4.78 is 114. The lowest BCUT2D eigenvalue weighted by molar-refractivity contribution is -0.598. The van der Waals surface area contributed by atoms with Crippen LogP contribution in [0.2, 0.25) is 0 Å². The Hall–Kier alpha value is -7.50. The van der Waals surface area contributed by atoms with Crippen LogP contribution in [0, 0.1) is 6.33 Å². The van der Waals surface area contributed by atoms with E-state index in [0.717, 1.165) is 32.9 Å². The Kier molecular flexibility index (Phi) is 6.01. The number of aromatic nitrogens is 4. The van der Waals surface area contributed by atoms with Gasteiger partial charge in [-0.1, -0.05) is 128 Å². The van der Waals surface area contributed by atoms with Crippen molar-refractivity contribution in [3.63, 3.8) is 0 Å². The summed E-state index contributed by atoms with van der Waals surface area (Å²) in [5, 5.41) is 1.92. The van der Waals surface area contributed by atoms with Gasteiger partial charge in [-0.05, 0) is 99.9 Å². The third-order valence-electron chi connectivity index (χ3n) is 9.84. The van der Waals surface area contributed by atoms with Crippen LogP contribution in [0.3, 0.4) is 0 Å². The molecular formula is C52H38N4O. The molecule has 10 aromatic rings. The Morgan fingerprint density at radius 2 is 1.39 bits per heavy atom. The molecule has 0 radical (unpaired) electrons. The zero-order chi connectivity index (χ0) is 48.6. The number of imidazole rings is 1. The van der Waals surface area contributed by atoms with Crippen molar-refractivity contribution in [2.75, 3.05) is 0 Å². The first kappa shape index (κ1) is 23.4. The lowest BCUT2D eigenvalue weighted by atomic mass is 9.96. The molecule has 0 N–H and O–H groups in total. The van der Waals surface area contributed by atoms with Crippen LogP contribution < -0.4 is 9.30 Å². The average Bonchev–Trinajstić information content (AvgIpc) is 3.97. The van der Waals surface area contributed by atoms with E-state index in [2.05, 4.69) is 30.6 Å². The van der Waals surface area contributed by atoms with E-state index < -0.39 is 66.8 Å². The Balaban J connectivity index is 1.08. The van der Waals surface area contributed by atoms with E-state index in [9.17, 15) is 0 Å². The van der Waals surface area contributed by atoms with Gasteiger partial charge >= 0.3 is 0 Å². The molecule has 0 amide bonds. The molecule has 0 atom stereocenters. The third kappa shape index (κ3) is 6.45. The lowest BCUT2D eigenvalue weighted by Crippen LogP contribution is -2.30. The van der Waals surface area contributed by atoms with Crippen LogP contribution in [0.15, 0.2) is 200 Å². The maximum atomic E-state index is 8.86. The van der Waals surface area contributed by atoms with Crippen LogP contribution in [0.25, 0.3) is 72.4 Å². The molecule has 5 nitrogen and oxygen atoms in total. The maximum Gasteiger partial charge on any atom is 0.268 e. The van der Waals surface area contributed by atoms with Gasteiger partial charge in [-0.25, -0.2) is 4.98 Å². The molecule has 7 aromatic carbocycles. The summed E-state index contributed by atoms with van der Waals surface area (Å²) in [5.41, 5.74) is 5.02. The Morgan fingerprint density at radius 1 is 0.649 bits per heavy atom. The topological polar surface area (TPSA) is 35.9 Å². The van der Waals surface area contributed by atoms with E-state index in [1.54, 1.807) is 71.7 Å². The number of ether oxygens (including phenoxy) is 1. The van der Waals surface area contributed by atoms with Crippen molar-refractivity contribution in [2.45, 2.75) is 13.3 Å². The van der Waals surface area contributed by atoms with Crippen molar-refractivity contribution >= 4 is 21.8 Å². The lowest BCUT2D eigenvalue weighted by Gasteiger charge is -2.16. The minimum absolute atomic E-state index is 0.142. The fourth-order valence-corrected chi connectivity index (χ4v) is 7.21. The first-order valence-corrected chi connectivity index (χ1v) is 18.2. The number of rotatable bonds is 9. The fraction of sp³-hybridized carbons (Fsp3) is 0.0385. The Bertz CT molecular complexity index is 3570. The fourth-order valence-electron chi connectivity index (χ4n) is 7.21. The molecule has 0 unspecified atom stereocenters. The molecule has 3 heterocycles. The van der Waals surface area contributed by atoms with Crippen molar-refractivity contribution in [3.05, 3.63) is 212 Å². The average molecular weight is 747 g/mol. The first-order valence-electron chi connectivity index (χ1n) is 24.2. The molecular weight excluding hydrogens is 697 g/mol. The van der Waals surface area contributed by atoms with Crippen molar-refractivity contribution in [3.8, 4) is 62.1 Å². The molecule has 10 rings (SSSR count). The van der Waals surface area contributed by atoms with E-state index in [-0.39, 0.29) is 27.9 Å². The molecule has 0 aliphatic rings. The number of pyridine rings is 1. The number of aryl methyl sites for hydroxylation is 1. The van der Waals surface area contributed by atoms with E-state index in [1.807, 2.05) is 53.1 Å². The van der Waals surface area contributed by atoms with Crippen LogP contribution in [-0.4, -0.2) is 14.1 Å². The second-order valence-electron chi connectivity index (χ2n) is 13.2. The van der Waals surface area contributed by atoms with E-state index in [0.29, 0.717) is 28.6 Å². The summed E-state index contributed by atoms with van der Waals surface area (Å²) >= 11 is 0. The molecule has 0 saturated carbocycles. The van der Waals surface area contributed by atoms with Gasteiger partial charge in [0.15, 0.2) is 0 Å². The molecule has 57 heavy (non-hydrogen) atoms. The Morgan fingerprint density at radius 3 is 2.14 bits per heavy atom. The second kappa shape index (κ2) is 14.6. The number of hydrogen-bond acceptors (Lipinski definition) is 2. The first-order chi connectivity index (χ1) is 33.0. The normalized spacial score (nSPS) is 14.5. The van der Waals surface area contributed by atoms with Crippen LogP contribution in [0.1, 0.15) is 28.9 Å². The highest BCUT2D eigenvalue weighted by atomic mass is 16.5. The van der Waals surface area contributed by atoms with Crippen molar-refractivity contribution in [1.82, 2.24) is 14.1 Å². The second-order valence-corrected chi connectivity index (χ2v) is 13.2. The van der Waals surface area contributed by atoms with Crippen LogP contribution >= 0.6 is 0 Å². The molecule has 272 valence electrons. The number of fused-ring (bicyclic) bond motifs is 3. The maximum absolute atomic E-state index is 8.86.